The Morgan fingerprint density at radius 1 is 0.862 bits per heavy atom. The third-order valence-electron chi connectivity index (χ3n) is 4.66. The van der Waals surface area contributed by atoms with Crippen LogP contribution < -0.4 is 4.90 Å². The molecule has 29 heavy (non-hydrogen) atoms. The second-order valence-corrected chi connectivity index (χ2v) is 7.75. The lowest BCUT2D eigenvalue weighted by atomic mass is 10.1. The number of anilines is 1. The van der Waals surface area contributed by atoms with Gasteiger partial charge in [-0.1, -0.05) is 84.6 Å². The molecule has 1 unspecified atom stereocenters. The first-order valence-corrected chi connectivity index (χ1v) is 10.3. The molecule has 146 valence electrons. The number of aliphatic hydroxyl groups is 2. The number of para-hydroxylation sites is 1. The van der Waals surface area contributed by atoms with Gasteiger partial charge in [-0.15, -0.1) is 0 Å². The van der Waals surface area contributed by atoms with Crippen LogP contribution in [0.5, 0.6) is 0 Å². The molecule has 0 spiro atoms. The van der Waals surface area contributed by atoms with Crippen LogP contribution in [-0.4, -0.2) is 21.6 Å². The predicted octanol–water partition coefficient (Wildman–Crippen LogP) is 4.65. The van der Waals surface area contributed by atoms with Crippen LogP contribution in [0.15, 0.2) is 94.8 Å². The Morgan fingerprint density at radius 2 is 1.52 bits per heavy atom. The first-order chi connectivity index (χ1) is 14.2. The van der Waals surface area contributed by atoms with Crippen LogP contribution in [0.3, 0.4) is 0 Å². The Morgan fingerprint density at radius 3 is 2.17 bits per heavy atom. The van der Waals surface area contributed by atoms with E-state index in [1.165, 1.54) is 11.8 Å². The molecule has 0 amide bonds. The average molecular weight is 403 g/mol. The highest BCUT2D eigenvalue weighted by Crippen LogP contribution is 2.39. The summed E-state index contributed by atoms with van der Waals surface area (Å²) in [6.45, 7) is 0.573. The number of rotatable bonds is 5. The van der Waals surface area contributed by atoms with Crippen molar-refractivity contribution in [2.75, 3.05) is 4.90 Å². The molecular weight excluding hydrogens is 380 g/mol. The van der Waals surface area contributed by atoms with Gasteiger partial charge in [0.15, 0.2) is 11.4 Å². The van der Waals surface area contributed by atoms with E-state index in [2.05, 4.69) is 0 Å². The van der Waals surface area contributed by atoms with E-state index in [-0.39, 0.29) is 6.61 Å². The Kier molecular flexibility index (Phi) is 6.10. The fourth-order valence-corrected chi connectivity index (χ4v) is 4.17. The Balaban J connectivity index is 1.65. The predicted molar refractivity (Wildman–Crippen MR) is 120 cm³/mol. The van der Waals surface area contributed by atoms with Gasteiger partial charge >= 0.3 is 0 Å². The Labute approximate surface area is 174 Å². The van der Waals surface area contributed by atoms with E-state index in [9.17, 15) is 10.2 Å². The smallest absolute Gasteiger partial charge is 0.171 e. The fraction of sp³-hybridized carbons (Fsp3) is 0.125. The number of hydrogen-bond acceptors (Lipinski definition) is 4. The van der Waals surface area contributed by atoms with Gasteiger partial charge in [-0.2, -0.15) is 0 Å². The van der Waals surface area contributed by atoms with Gasteiger partial charge in [0.05, 0.1) is 13.2 Å². The molecule has 1 heterocycles. The molecule has 1 aliphatic heterocycles. The van der Waals surface area contributed by atoms with E-state index < -0.39 is 6.23 Å². The minimum atomic E-state index is -0.797. The van der Waals surface area contributed by atoms with Crippen molar-refractivity contribution in [1.29, 1.82) is 0 Å². The molecule has 5 heteroatoms. The highest BCUT2D eigenvalue weighted by Gasteiger charge is 2.34. The van der Waals surface area contributed by atoms with Gasteiger partial charge in [-0.3, -0.25) is 9.89 Å². The second kappa shape index (κ2) is 9.09. The van der Waals surface area contributed by atoms with Gasteiger partial charge in [0.2, 0.25) is 0 Å². The molecule has 4 nitrogen and oxygen atoms in total. The first-order valence-electron chi connectivity index (χ1n) is 9.44. The van der Waals surface area contributed by atoms with Crippen molar-refractivity contribution in [2.24, 2.45) is 4.99 Å². The summed E-state index contributed by atoms with van der Waals surface area (Å²) in [5.74, 6) is 0. The highest BCUT2D eigenvalue weighted by atomic mass is 32.2. The number of hydrogen-bond donors (Lipinski definition) is 2. The van der Waals surface area contributed by atoms with Gasteiger partial charge < -0.3 is 10.2 Å². The number of benzene rings is 3. The van der Waals surface area contributed by atoms with Crippen LogP contribution in [0.2, 0.25) is 0 Å². The van der Waals surface area contributed by atoms with E-state index in [4.69, 9.17) is 4.99 Å². The molecule has 0 bridgehead atoms. The lowest BCUT2D eigenvalue weighted by Gasteiger charge is -2.22. The Bertz CT molecular complexity index is 1000. The largest absolute Gasteiger partial charge is 0.392 e. The van der Waals surface area contributed by atoms with Crippen LogP contribution in [0, 0.1) is 0 Å². The van der Waals surface area contributed by atoms with E-state index in [1.807, 2.05) is 95.9 Å². The summed E-state index contributed by atoms with van der Waals surface area (Å²) in [5.41, 5.74) is 3.86. The monoisotopic (exact) mass is 402 g/mol. The normalized spacial score (nSPS) is 19.2. The van der Waals surface area contributed by atoms with E-state index in [0.717, 1.165) is 32.5 Å². The highest BCUT2D eigenvalue weighted by molar-refractivity contribution is 8.18. The van der Waals surface area contributed by atoms with Gasteiger partial charge in [0.1, 0.15) is 0 Å². The third-order valence-corrected chi connectivity index (χ3v) is 5.73. The summed E-state index contributed by atoms with van der Waals surface area (Å²) in [6.07, 6.45) is 1.17. The molecule has 1 aliphatic rings. The molecule has 1 atom stereocenters. The minimum absolute atomic E-state index is 0.0201. The summed E-state index contributed by atoms with van der Waals surface area (Å²) < 4.78 is 0. The van der Waals surface area contributed by atoms with Crippen LogP contribution in [-0.2, 0) is 13.2 Å². The lowest BCUT2D eigenvalue weighted by molar-refractivity contribution is 0.233. The average Bonchev–Trinajstić information content (AvgIpc) is 3.09. The summed E-state index contributed by atoms with van der Waals surface area (Å²) >= 11 is 1.48. The molecular formula is C24H22N2O2S. The number of aliphatic imine (C=N–C) groups is 1. The third kappa shape index (κ3) is 4.59. The molecule has 3 aromatic carbocycles. The Hall–Kier alpha value is -2.86. The summed E-state index contributed by atoms with van der Waals surface area (Å²) in [4.78, 5) is 7.47. The molecule has 3 aromatic rings. The molecule has 0 radical (unpaired) electrons. The van der Waals surface area contributed by atoms with Gasteiger partial charge in [0.25, 0.3) is 0 Å². The van der Waals surface area contributed by atoms with Crippen molar-refractivity contribution in [3.63, 3.8) is 0 Å². The molecule has 4 rings (SSSR count). The quantitative estimate of drug-likeness (QED) is 0.652. The number of amidine groups is 1. The molecule has 0 aliphatic carbocycles. The maximum Gasteiger partial charge on any atom is 0.171 e. The topological polar surface area (TPSA) is 56.1 Å². The molecule has 0 saturated carbocycles. The van der Waals surface area contributed by atoms with Crippen LogP contribution in [0.1, 0.15) is 16.7 Å². The van der Waals surface area contributed by atoms with Crippen LogP contribution in [0.4, 0.5) is 5.69 Å². The zero-order valence-corrected chi connectivity index (χ0v) is 16.7. The first kappa shape index (κ1) is 19.5. The molecule has 1 saturated heterocycles. The standard InChI is InChI=1S/C24H22N2O2S/c27-17-20-13-11-18(12-14-20)15-22-23(28)26(21-9-5-2-6-10-21)24(29-22)25-16-19-7-3-1-4-8-19/h1-15,23,27-28H,16-17H2/b22-15-,25-24-. The molecule has 2 N–H and O–H groups in total. The minimum Gasteiger partial charge on any atom is -0.392 e. The zero-order valence-electron chi connectivity index (χ0n) is 15.8. The summed E-state index contributed by atoms with van der Waals surface area (Å²) in [7, 11) is 0. The maximum atomic E-state index is 11.0. The summed E-state index contributed by atoms with van der Waals surface area (Å²) in [6, 6.07) is 27.6. The molecule has 1 fully saturated rings. The fourth-order valence-electron chi connectivity index (χ4n) is 3.12. The van der Waals surface area contributed by atoms with Crippen molar-refractivity contribution < 1.29 is 10.2 Å². The number of aliphatic hydroxyl groups excluding tert-OH is 2. The lowest BCUT2D eigenvalue weighted by Crippen LogP contribution is -2.33. The van der Waals surface area contributed by atoms with Gasteiger partial charge in [-0.25, -0.2) is 0 Å². The molecule has 0 aromatic heterocycles. The van der Waals surface area contributed by atoms with Crippen molar-refractivity contribution >= 4 is 28.7 Å². The van der Waals surface area contributed by atoms with Crippen molar-refractivity contribution in [3.8, 4) is 0 Å². The van der Waals surface area contributed by atoms with Gasteiger partial charge in [-0.05, 0) is 34.9 Å². The number of thioether (sulfide) groups is 1. The maximum absolute atomic E-state index is 11.0. The second-order valence-electron chi connectivity index (χ2n) is 6.71. The van der Waals surface area contributed by atoms with Crippen molar-refractivity contribution in [1.82, 2.24) is 0 Å². The SMILES string of the molecule is OCc1ccc(/C=C2\S/C(=N\Cc3ccccc3)N(c3ccccc3)C2O)cc1. The van der Waals surface area contributed by atoms with Crippen molar-refractivity contribution in [2.45, 2.75) is 19.4 Å². The van der Waals surface area contributed by atoms with E-state index in [0.29, 0.717) is 6.54 Å². The van der Waals surface area contributed by atoms with Crippen LogP contribution >= 0.6 is 11.8 Å². The zero-order chi connectivity index (χ0) is 20.1. The van der Waals surface area contributed by atoms with Gasteiger partial charge in [0, 0.05) is 10.6 Å². The summed E-state index contributed by atoms with van der Waals surface area (Å²) in [5, 5.41) is 21.0. The van der Waals surface area contributed by atoms with Crippen molar-refractivity contribution in [3.05, 3.63) is 107 Å². The van der Waals surface area contributed by atoms with E-state index in [1.54, 1.807) is 0 Å². The number of nitrogens with zero attached hydrogens (tertiary/aromatic N) is 2. The van der Waals surface area contributed by atoms with Crippen LogP contribution in [0.25, 0.3) is 6.08 Å². The van der Waals surface area contributed by atoms with E-state index >= 15 is 0 Å².